The molecule has 1 N–H and O–H groups in total. The third-order valence-electron chi connectivity index (χ3n) is 6.56. The molecule has 1 aromatic carbocycles. The summed E-state index contributed by atoms with van der Waals surface area (Å²) in [6.45, 7) is 1.40. The molecule has 4 rings (SSSR count). The van der Waals surface area contributed by atoms with E-state index in [9.17, 15) is 14.4 Å². The molecule has 168 valence electrons. The van der Waals surface area contributed by atoms with Gasteiger partial charge in [-0.3, -0.25) is 14.4 Å². The lowest BCUT2D eigenvalue weighted by atomic mass is 9.97. The minimum absolute atomic E-state index is 0.0311. The van der Waals surface area contributed by atoms with Crippen molar-refractivity contribution in [2.75, 3.05) is 24.5 Å². The van der Waals surface area contributed by atoms with Gasteiger partial charge >= 0.3 is 0 Å². The molecule has 3 amide bonds. The summed E-state index contributed by atoms with van der Waals surface area (Å²) in [5.41, 5.74) is 0.730. The maximum absolute atomic E-state index is 13.4. The molecule has 31 heavy (non-hydrogen) atoms. The molecule has 1 aromatic rings. The van der Waals surface area contributed by atoms with E-state index in [0.29, 0.717) is 13.1 Å². The van der Waals surface area contributed by atoms with Gasteiger partial charge in [-0.25, -0.2) is 0 Å². The van der Waals surface area contributed by atoms with Crippen LogP contribution < -0.4 is 10.2 Å². The zero-order valence-electron chi connectivity index (χ0n) is 18.2. The molecule has 1 atom stereocenters. The Morgan fingerprint density at radius 2 is 1.58 bits per heavy atom. The largest absolute Gasteiger partial charge is 0.352 e. The average Bonchev–Trinajstić information content (AvgIpc) is 2.77. The number of rotatable bonds is 4. The number of fused-ring (bicyclic) bond motifs is 1. The van der Waals surface area contributed by atoms with Crippen LogP contribution in [0.4, 0.5) is 5.69 Å². The minimum Gasteiger partial charge on any atom is -0.352 e. The van der Waals surface area contributed by atoms with E-state index in [1.54, 1.807) is 0 Å². The summed E-state index contributed by atoms with van der Waals surface area (Å²) in [7, 11) is 0. The van der Waals surface area contributed by atoms with Gasteiger partial charge in [-0.05, 0) is 44.2 Å². The quantitative estimate of drug-likeness (QED) is 0.720. The first-order chi connectivity index (χ1) is 15.1. The first-order valence-electron chi connectivity index (χ1n) is 11.8. The molecule has 2 heterocycles. The van der Waals surface area contributed by atoms with E-state index < -0.39 is 5.25 Å². The van der Waals surface area contributed by atoms with E-state index in [4.69, 9.17) is 0 Å². The lowest BCUT2D eigenvalue weighted by Crippen LogP contribution is -2.53. The maximum Gasteiger partial charge on any atom is 0.250 e. The molecule has 1 saturated heterocycles. The summed E-state index contributed by atoms with van der Waals surface area (Å²) < 4.78 is 0. The summed E-state index contributed by atoms with van der Waals surface area (Å²) in [6.07, 6.45) is 11.1. The van der Waals surface area contributed by atoms with Crippen molar-refractivity contribution in [3.05, 3.63) is 24.3 Å². The summed E-state index contributed by atoms with van der Waals surface area (Å²) in [5.74, 6) is -0.522. The summed E-state index contributed by atoms with van der Waals surface area (Å²) in [4.78, 5) is 43.7. The van der Waals surface area contributed by atoms with Gasteiger partial charge in [0.2, 0.25) is 11.8 Å². The van der Waals surface area contributed by atoms with Gasteiger partial charge in [0, 0.05) is 24.0 Å². The van der Waals surface area contributed by atoms with Crippen LogP contribution in [0.15, 0.2) is 29.2 Å². The number of benzene rings is 1. The smallest absolute Gasteiger partial charge is 0.250 e. The van der Waals surface area contributed by atoms with Crippen LogP contribution in [0.25, 0.3) is 0 Å². The lowest BCUT2D eigenvalue weighted by molar-refractivity contribution is -0.136. The topological polar surface area (TPSA) is 69.7 Å². The number of carbonyl (C=O) groups is 3. The Bertz CT molecular complexity index is 801. The first-order valence-corrected chi connectivity index (χ1v) is 12.7. The molecule has 0 radical (unpaired) electrons. The van der Waals surface area contributed by atoms with E-state index in [1.807, 2.05) is 29.2 Å². The van der Waals surface area contributed by atoms with Crippen LogP contribution in [-0.4, -0.2) is 53.5 Å². The number of piperidine rings is 1. The fourth-order valence-electron chi connectivity index (χ4n) is 4.83. The summed E-state index contributed by atoms with van der Waals surface area (Å²) in [6, 6.07) is 7.77. The molecule has 7 heteroatoms. The molecular formula is C24H33N3O3S. The van der Waals surface area contributed by atoms with Gasteiger partial charge in [0.1, 0.15) is 6.54 Å². The number of hydrogen-bond acceptors (Lipinski definition) is 4. The Morgan fingerprint density at radius 3 is 2.32 bits per heavy atom. The minimum atomic E-state index is -0.804. The van der Waals surface area contributed by atoms with Gasteiger partial charge in [0.15, 0.2) is 5.25 Å². The van der Waals surface area contributed by atoms with Crippen molar-refractivity contribution in [2.45, 2.75) is 80.4 Å². The van der Waals surface area contributed by atoms with Crippen LogP contribution >= 0.6 is 11.8 Å². The molecule has 3 aliphatic rings. The number of anilines is 1. The molecular weight excluding hydrogens is 410 g/mol. The molecule has 1 saturated carbocycles. The van der Waals surface area contributed by atoms with E-state index >= 15 is 0 Å². The second-order valence-electron chi connectivity index (χ2n) is 8.89. The van der Waals surface area contributed by atoms with Crippen molar-refractivity contribution in [3.8, 4) is 0 Å². The second kappa shape index (κ2) is 10.5. The van der Waals surface area contributed by atoms with Gasteiger partial charge in [0.25, 0.3) is 5.91 Å². The number of amides is 3. The Balaban J connectivity index is 1.47. The highest BCUT2D eigenvalue weighted by atomic mass is 32.2. The van der Waals surface area contributed by atoms with E-state index in [2.05, 4.69) is 5.32 Å². The lowest BCUT2D eigenvalue weighted by Gasteiger charge is -2.36. The zero-order chi connectivity index (χ0) is 21.6. The van der Waals surface area contributed by atoms with Crippen LogP contribution in [0.1, 0.15) is 64.2 Å². The van der Waals surface area contributed by atoms with Crippen LogP contribution in [0.2, 0.25) is 0 Å². The second-order valence-corrected chi connectivity index (χ2v) is 10.0. The van der Waals surface area contributed by atoms with Crippen molar-refractivity contribution in [1.29, 1.82) is 0 Å². The standard InChI is InChI=1S/C24H33N3O3S/c28-21(25-18-11-5-2-1-3-6-12-18)17-27-19-13-7-8-14-20(19)31-22(24(27)30)23(29)26-15-9-4-10-16-26/h7-8,13-14,18,22H,1-6,9-12,15-17H2,(H,25,28)/t22-/m1/s1. The van der Waals surface area contributed by atoms with Gasteiger partial charge < -0.3 is 15.1 Å². The Morgan fingerprint density at radius 1 is 0.935 bits per heavy atom. The third kappa shape index (κ3) is 5.43. The molecule has 6 nitrogen and oxygen atoms in total. The first kappa shape index (κ1) is 22.2. The number of nitrogens with one attached hydrogen (secondary N) is 1. The van der Waals surface area contributed by atoms with Crippen molar-refractivity contribution in [1.82, 2.24) is 10.2 Å². The van der Waals surface area contributed by atoms with E-state index in [1.165, 1.54) is 35.9 Å². The Kier molecular flexibility index (Phi) is 7.54. The highest BCUT2D eigenvalue weighted by Gasteiger charge is 2.41. The number of thioether (sulfide) groups is 1. The highest BCUT2D eigenvalue weighted by Crippen LogP contribution is 2.39. The highest BCUT2D eigenvalue weighted by molar-refractivity contribution is 8.01. The molecule has 0 unspecified atom stereocenters. The SMILES string of the molecule is O=C(CN1C(=O)[C@@H](C(=O)N2CCCCC2)Sc2ccccc21)NC1CCCCCCC1. The molecule has 0 spiro atoms. The number of nitrogens with zero attached hydrogens (tertiary/aromatic N) is 2. The number of hydrogen-bond donors (Lipinski definition) is 1. The fourth-order valence-corrected chi connectivity index (χ4v) is 6.02. The normalized spacial score (nSPS) is 23.0. The average molecular weight is 444 g/mol. The van der Waals surface area contributed by atoms with Gasteiger partial charge in [0.05, 0.1) is 5.69 Å². The number of carbonyl (C=O) groups excluding carboxylic acids is 3. The maximum atomic E-state index is 13.4. The fraction of sp³-hybridized carbons (Fsp3) is 0.625. The van der Waals surface area contributed by atoms with E-state index in [-0.39, 0.29) is 30.3 Å². The summed E-state index contributed by atoms with van der Waals surface area (Å²) in [5, 5.41) is 2.35. The van der Waals surface area contributed by atoms with Crippen molar-refractivity contribution < 1.29 is 14.4 Å². The predicted octanol–water partition coefficient (Wildman–Crippen LogP) is 3.74. The number of likely N-dealkylation sites (tertiary alicyclic amines) is 1. The van der Waals surface area contributed by atoms with Crippen LogP contribution in [0.5, 0.6) is 0 Å². The Hall–Kier alpha value is -2.02. The third-order valence-corrected chi connectivity index (χ3v) is 7.79. The molecule has 2 aliphatic heterocycles. The molecule has 0 bridgehead atoms. The summed E-state index contributed by atoms with van der Waals surface area (Å²) >= 11 is 1.32. The molecule has 0 aromatic heterocycles. The van der Waals surface area contributed by atoms with Crippen molar-refractivity contribution in [3.63, 3.8) is 0 Å². The van der Waals surface area contributed by atoms with Crippen molar-refractivity contribution in [2.24, 2.45) is 0 Å². The predicted molar refractivity (Wildman–Crippen MR) is 123 cm³/mol. The monoisotopic (exact) mass is 443 g/mol. The van der Waals surface area contributed by atoms with Gasteiger partial charge in [-0.15, -0.1) is 11.8 Å². The van der Waals surface area contributed by atoms with Crippen LogP contribution in [-0.2, 0) is 14.4 Å². The van der Waals surface area contributed by atoms with Crippen LogP contribution in [0, 0.1) is 0 Å². The van der Waals surface area contributed by atoms with Gasteiger partial charge in [-0.2, -0.15) is 0 Å². The van der Waals surface area contributed by atoms with Crippen LogP contribution in [0.3, 0.4) is 0 Å². The molecule has 2 fully saturated rings. The number of para-hydroxylation sites is 1. The van der Waals surface area contributed by atoms with Gasteiger partial charge in [-0.1, -0.05) is 44.2 Å². The zero-order valence-corrected chi connectivity index (χ0v) is 19.0. The van der Waals surface area contributed by atoms with Crippen molar-refractivity contribution >= 4 is 35.2 Å². The Labute approximate surface area is 189 Å². The molecule has 1 aliphatic carbocycles. The van der Waals surface area contributed by atoms with E-state index in [0.717, 1.165) is 55.5 Å².